The van der Waals surface area contributed by atoms with E-state index in [1.807, 2.05) is 80.6 Å². The van der Waals surface area contributed by atoms with Crippen molar-refractivity contribution in [3.05, 3.63) is 106 Å². The van der Waals surface area contributed by atoms with Crippen molar-refractivity contribution in [3.8, 4) is 0 Å². The first-order valence-corrected chi connectivity index (χ1v) is 9.91. The van der Waals surface area contributed by atoms with Crippen molar-refractivity contribution in [1.29, 1.82) is 0 Å². The molecule has 3 aromatic carbocycles. The Labute approximate surface area is 175 Å². The second kappa shape index (κ2) is 8.33. The fraction of sp³-hybridized carbons (Fsp3) is 0.160. The third-order valence-corrected chi connectivity index (χ3v) is 5.11. The largest absolute Gasteiger partial charge is 0.324 e. The number of nitrogens with zero attached hydrogens (tertiary/aromatic N) is 2. The molecule has 1 aromatic heterocycles. The number of carbonyl (C=O) groups excluding carboxylic acids is 1. The third kappa shape index (κ3) is 4.15. The van der Waals surface area contributed by atoms with E-state index in [2.05, 4.69) is 10.4 Å². The molecular weight excluding hydrogens is 374 g/mol. The summed E-state index contributed by atoms with van der Waals surface area (Å²) >= 11 is 0. The molecular formula is C25H23N3O2. The molecule has 1 amide bonds. The predicted octanol–water partition coefficient (Wildman–Crippen LogP) is 4.24. The van der Waals surface area contributed by atoms with E-state index in [-0.39, 0.29) is 18.0 Å². The van der Waals surface area contributed by atoms with Gasteiger partial charge in [-0.1, -0.05) is 66.2 Å². The lowest BCUT2D eigenvalue weighted by Gasteiger charge is -2.12. The first kappa shape index (κ1) is 19.6. The summed E-state index contributed by atoms with van der Waals surface area (Å²) in [6, 6.07) is 23.2. The highest BCUT2D eigenvalue weighted by molar-refractivity contribution is 5.91. The van der Waals surface area contributed by atoms with Gasteiger partial charge in [-0.15, -0.1) is 0 Å². The first-order valence-electron chi connectivity index (χ1n) is 9.91. The fourth-order valence-electron chi connectivity index (χ4n) is 3.61. The number of aryl methyl sites for hydroxylation is 2. The average molecular weight is 397 g/mol. The molecule has 5 heteroatoms. The number of nitrogens with one attached hydrogen (secondary N) is 1. The molecule has 0 spiro atoms. The highest BCUT2D eigenvalue weighted by Gasteiger charge is 2.14. The standard InChI is InChI=1S/C25H23N3O2/c1-17-12-13-22(18(2)14-17)26-24(29)16-28-25(30)21-11-7-6-10-20(21)23(27-28)15-19-8-4-3-5-9-19/h3-14H,15-16H2,1-2H3,(H,26,29). The smallest absolute Gasteiger partial charge is 0.275 e. The number of hydrogen-bond acceptors (Lipinski definition) is 3. The Balaban J connectivity index is 1.67. The summed E-state index contributed by atoms with van der Waals surface area (Å²) in [5.41, 5.74) is 4.45. The summed E-state index contributed by atoms with van der Waals surface area (Å²) in [5.74, 6) is -0.280. The third-order valence-electron chi connectivity index (χ3n) is 5.11. The van der Waals surface area contributed by atoms with Crippen LogP contribution in [0.2, 0.25) is 0 Å². The van der Waals surface area contributed by atoms with Crippen LogP contribution >= 0.6 is 0 Å². The van der Waals surface area contributed by atoms with Crippen molar-refractivity contribution in [1.82, 2.24) is 9.78 Å². The average Bonchev–Trinajstić information content (AvgIpc) is 2.74. The first-order chi connectivity index (χ1) is 14.5. The van der Waals surface area contributed by atoms with Gasteiger partial charge in [0.05, 0.1) is 11.1 Å². The van der Waals surface area contributed by atoms with Crippen molar-refractivity contribution in [2.45, 2.75) is 26.8 Å². The lowest BCUT2D eigenvalue weighted by Crippen LogP contribution is -2.31. The van der Waals surface area contributed by atoms with Gasteiger partial charge in [-0.2, -0.15) is 5.10 Å². The molecule has 0 unspecified atom stereocenters. The van der Waals surface area contributed by atoms with Crippen molar-refractivity contribution in [2.24, 2.45) is 0 Å². The molecule has 1 N–H and O–H groups in total. The summed E-state index contributed by atoms with van der Waals surface area (Å²) in [5, 5.41) is 8.83. The molecule has 4 aromatic rings. The number of aromatic nitrogens is 2. The second-order valence-electron chi connectivity index (χ2n) is 7.48. The normalized spacial score (nSPS) is 10.9. The molecule has 1 heterocycles. The van der Waals surface area contributed by atoms with Crippen LogP contribution in [-0.2, 0) is 17.8 Å². The maximum absolute atomic E-state index is 13.0. The predicted molar refractivity (Wildman–Crippen MR) is 120 cm³/mol. The monoisotopic (exact) mass is 397 g/mol. The number of carbonyl (C=O) groups is 1. The van der Waals surface area contributed by atoms with E-state index in [4.69, 9.17) is 0 Å². The number of hydrogen-bond donors (Lipinski definition) is 1. The quantitative estimate of drug-likeness (QED) is 0.548. The van der Waals surface area contributed by atoms with Crippen molar-refractivity contribution < 1.29 is 4.79 Å². The molecule has 0 fully saturated rings. The van der Waals surface area contributed by atoms with Gasteiger partial charge >= 0.3 is 0 Å². The second-order valence-corrected chi connectivity index (χ2v) is 7.48. The van der Waals surface area contributed by atoms with Gasteiger partial charge in [-0.05, 0) is 37.1 Å². The SMILES string of the molecule is Cc1ccc(NC(=O)Cn2nc(Cc3ccccc3)c3ccccc3c2=O)c(C)c1. The summed E-state index contributed by atoms with van der Waals surface area (Å²) in [6.07, 6.45) is 0.584. The van der Waals surface area contributed by atoms with Crippen LogP contribution in [0.1, 0.15) is 22.4 Å². The van der Waals surface area contributed by atoms with Gasteiger partial charge in [0.25, 0.3) is 5.56 Å². The molecule has 0 aliphatic carbocycles. The van der Waals surface area contributed by atoms with Crippen molar-refractivity contribution in [3.63, 3.8) is 0 Å². The summed E-state index contributed by atoms with van der Waals surface area (Å²) < 4.78 is 1.26. The van der Waals surface area contributed by atoms with Gasteiger partial charge in [0, 0.05) is 17.5 Å². The zero-order chi connectivity index (χ0) is 21.1. The van der Waals surface area contributed by atoms with Crippen LogP contribution < -0.4 is 10.9 Å². The molecule has 0 saturated carbocycles. The molecule has 30 heavy (non-hydrogen) atoms. The minimum Gasteiger partial charge on any atom is -0.324 e. The lowest BCUT2D eigenvalue weighted by molar-refractivity contribution is -0.117. The zero-order valence-corrected chi connectivity index (χ0v) is 17.1. The van der Waals surface area contributed by atoms with Gasteiger partial charge in [0.1, 0.15) is 6.54 Å². The van der Waals surface area contributed by atoms with E-state index < -0.39 is 0 Å². The van der Waals surface area contributed by atoms with E-state index in [1.54, 1.807) is 6.07 Å². The van der Waals surface area contributed by atoms with Crippen LogP contribution in [0.4, 0.5) is 5.69 Å². The van der Waals surface area contributed by atoms with Crippen molar-refractivity contribution >= 4 is 22.4 Å². The molecule has 0 bridgehead atoms. The fourth-order valence-corrected chi connectivity index (χ4v) is 3.61. The minimum atomic E-state index is -0.280. The number of amides is 1. The van der Waals surface area contributed by atoms with Crippen LogP contribution in [-0.4, -0.2) is 15.7 Å². The molecule has 0 aliphatic heterocycles. The Morgan fingerprint density at radius 2 is 1.63 bits per heavy atom. The van der Waals surface area contributed by atoms with Gasteiger partial charge in [-0.25, -0.2) is 4.68 Å². The molecule has 4 rings (SSSR count). The van der Waals surface area contributed by atoms with Crippen LogP contribution in [0.25, 0.3) is 10.8 Å². The van der Waals surface area contributed by atoms with Gasteiger partial charge in [0.15, 0.2) is 0 Å². The minimum absolute atomic E-state index is 0.140. The molecule has 0 aliphatic rings. The number of fused-ring (bicyclic) bond motifs is 1. The maximum Gasteiger partial charge on any atom is 0.275 e. The maximum atomic E-state index is 13.0. The van der Waals surface area contributed by atoms with E-state index in [1.165, 1.54) is 4.68 Å². The summed E-state index contributed by atoms with van der Waals surface area (Å²) in [7, 11) is 0. The summed E-state index contributed by atoms with van der Waals surface area (Å²) in [4.78, 5) is 25.6. The Kier molecular flexibility index (Phi) is 5.44. The van der Waals surface area contributed by atoms with Crippen LogP contribution in [0.5, 0.6) is 0 Å². The number of anilines is 1. The highest BCUT2D eigenvalue weighted by Crippen LogP contribution is 2.18. The molecule has 0 radical (unpaired) electrons. The molecule has 5 nitrogen and oxygen atoms in total. The van der Waals surface area contributed by atoms with Gasteiger partial charge in [-0.3, -0.25) is 9.59 Å². The van der Waals surface area contributed by atoms with E-state index in [0.29, 0.717) is 11.8 Å². The number of rotatable bonds is 5. The van der Waals surface area contributed by atoms with Gasteiger partial charge < -0.3 is 5.32 Å². The topological polar surface area (TPSA) is 64.0 Å². The van der Waals surface area contributed by atoms with Crippen LogP contribution in [0.3, 0.4) is 0 Å². The Morgan fingerprint density at radius 3 is 2.37 bits per heavy atom. The molecule has 0 atom stereocenters. The Hall–Kier alpha value is -3.73. The van der Waals surface area contributed by atoms with E-state index >= 15 is 0 Å². The zero-order valence-electron chi connectivity index (χ0n) is 17.1. The molecule has 0 saturated heterocycles. The van der Waals surface area contributed by atoms with E-state index in [9.17, 15) is 9.59 Å². The van der Waals surface area contributed by atoms with Crippen molar-refractivity contribution in [2.75, 3.05) is 5.32 Å². The summed E-state index contributed by atoms with van der Waals surface area (Å²) in [6.45, 7) is 3.81. The van der Waals surface area contributed by atoms with Crippen LogP contribution in [0.15, 0.2) is 77.6 Å². The molecule has 150 valence electrons. The lowest BCUT2D eigenvalue weighted by atomic mass is 10.0. The van der Waals surface area contributed by atoms with Crippen LogP contribution in [0, 0.1) is 13.8 Å². The Morgan fingerprint density at radius 1 is 0.933 bits per heavy atom. The van der Waals surface area contributed by atoms with E-state index in [0.717, 1.165) is 33.5 Å². The Bertz CT molecular complexity index is 1280. The van der Waals surface area contributed by atoms with Gasteiger partial charge in [0.2, 0.25) is 5.91 Å². The highest BCUT2D eigenvalue weighted by atomic mass is 16.2. The number of benzene rings is 3.